The Balaban J connectivity index is 1.66. The summed E-state index contributed by atoms with van der Waals surface area (Å²) in [6.45, 7) is 9.46. The zero-order valence-corrected chi connectivity index (χ0v) is 19.6. The zero-order valence-electron chi connectivity index (χ0n) is 18.0. The number of benzene rings is 1. The van der Waals surface area contributed by atoms with Crippen LogP contribution in [0.15, 0.2) is 28.7 Å². The summed E-state index contributed by atoms with van der Waals surface area (Å²) >= 11 is 3.52. The molecule has 0 spiro atoms. The van der Waals surface area contributed by atoms with Crippen molar-refractivity contribution in [3.8, 4) is 0 Å². The van der Waals surface area contributed by atoms with Gasteiger partial charge in [0, 0.05) is 43.1 Å². The van der Waals surface area contributed by atoms with E-state index in [-0.39, 0.29) is 12.0 Å². The number of carbonyl (C=O) groups excluding carboxylic acids is 1. The molecule has 1 aliphatic carbocycles. The second-order valence-electron chi connectivity index (χ2n) is 9.54. The highest BCUT2D eigenvalue weighted by molar-refractivity contribution is 9.10. The Morgan fingerprint density at radius 3 is 2.24 bits per heavy atom. The molecular formula is C23H35BrN2O3. The van der Waals surface area contributed by atoms with E-state index < -0.39 is 11.2 Å². The van der Waals surface area contributed by atoms with Crippen LogP contribution < -0.4 is 0 Å². The van der Waals surface area contributed by atoms with Crippen molar-refractivity contribution >= 4 is 22.0 Å². The molecule has 1 amide bonds. The van der Waals surface area contributed by atoms with Crippen LogP contribution in [-0.4, -0.2) is 64.9 Å². The number of carbonyl (C=O) groups is 1. The Bertz CT molecular complexity index is 672. The number of rotatable bonds is 4. The van der Waals surface area contributed by atoms with E-state index in [2.05, 4.69) is 45.1 Å². The van der Waals surface area contributed by atoms with Gasteiger partial charge >= 0.3 is 6.09 Å². The lowest BCUT2D eigenvalue weighted by Crippen LogP contribution is -2.52. The van der Waals surface area contributed by atoms with Crippen molar-refractivity contribution < 1.29 is 14.6 Å². The minimum atomic E-state index is -0.644. The van der Waals surface area contributed by atoms with E-state index in [4.69, 9.17) is 4.74 Å². The number of halogens is 1. The third kappa shape index (κ3) is 6.19. The fraction of sp³-hybridized carbons (Fsp3) is 0.696. The molecule has 2 fully saturated rings. The van der Waals surface area contributed by atoms with E-state index in [1.54, 1.807) is 4.90 Å². The van der Waals surface area contributed by atoms with Crippen LogP contribution in [0.2, 0.25) is 0 Å². The molecule has 1 saturated heterocycles. The molecule has 1 aliphatic heterocycles. The Labute approximate surface area is 183 Å². The van der Waals surface area contributed by atoms with Crippen LogP contribution in [0.1, 0.15) is 64.4 Å². The van der Waals surface area contributed by atoms with Crippen molar-refractivity contribution in [1.29, 1.82) is 0 Å². The first-order valence-corrected chi connectivity index (χ1v) is 11.6. The molecule has 1 saturated carbocycles. The van der Waals surface area contributed by atoms with Crippen LogP contribution in [0, 0.1) is 0 Å². The van der Waals surface area contributed by atoms with Crippen LogP contribution >= 0.6 is 15.9 Å². The third-order valence-corrected chi connectivity index (χ3v) is 6.63. The SMILES string of the molecule is CC(C)(C)OC(=O)N1CCN(CC(c2ccc(Br)cc2)C2(O)CCCCC2)CC1. The molecule has 6 heteroatoms. The van der Waals surface area contributed by atoms with Gasteiger partial charge in [-0.25, -0.2) is 4.79 Å². The first-order chi connectivity index (χ1) is 13.7. The lowest BCUT2D eigenvalue weighted by molar-refractivity contribution is -0.0357. The summed E-state index contributed by atoms with van der Waals surface area (Å²) in [5.74, 6) is 0.0870. The Morgan fingerprint density at radius 2 is 1.69 bits per heavy atom. The van der Waals surface area contributed by atoms with E-state index in [1.165, 1.54) is 12.0 Å². The van der Waals surface area contributed by atoms with Gasteiger partial charge in [0.15, 0.2) is 0 Å². The van der Waals surface area contributed by atoms with Crippen LogP contribution in [0.3, 0.4) is 0 Å². The van der Waals surface area contributed by atoms with Gasteiger partial charge in [-0.2, -0.15) is 0 Å². The van der Waals surface area contributed by atoms with Gasteiger partial charge in [-0.15, -0.1) is 0 Å². The number of nitrogens with zero attached hydrogens (tertiary/aromatic N) is 2. The van der Waals surface area contributed by atoms with Gasteiger partial charge in [-0.3, -0.25) is 4.90 Å². The van der Waals surface area contributed by atoms with E-state index in [9.17, 15) is 9.90 Å². The van der Waals surface area contributed by atoms with E-state index in [0.29, 0.717) is 13.1 Å². The maximum absolute atomic E-state index is 12.3. The predicted octanol–water partition coefficient (Wildman–Crippen LogP) is 4.78. The standard InChI is InChI=1S/C23H35BrN2O3/c1-22(2,3)29-21(27)26-15-13-25(14-16-26)17-20(18-7-9-19(24)10-8-18)23(28)11-5-4-6-12-23/h7-10,20,28H,4-6,11-17H2,1-3H3. The lowest BCUT2D eigenvalue weighted by Gasteiger charge is -2.43. The normalized spacial score (nSPS) is 21.6. The molecule has 1 aromatic carbocycles. The third-order valence-electron chi connectivity index (χ3n) is 6.11. The fourth-order valence-corrected chi connectivity index (χ4v) is 4.76. The predicted molar refractivity (Wildman–Crippen MR) is 119 cm³/mol. The number of hydrogen-bond donors (Lipinski definition) is 1. The van der Waals surface area contributed by atoms with Crippen LogP contribution in [0.5, 0.6) is 0 Å². The Kier molecular flexibility index (Phi) is 7.28. The quantitative estimate of drug-likeness (QED) is 0.693. The number of ether oxygens (including phenoxy) is 1. The maximum Gasteiger partial charge on any atom is 0.410 e. The van der Waals surface area contributed by atoms with Crippen molar-refractivity contribution in [3.05, 3.63) is 34.3 Å². The summed E-state index contributed by atoms with van der Waals surface area (Å²) in [5, 5.41) is 11.5. The highest BCUT2D eigenvalue weighted by atomic mass is 79.9. The average Bonchev–Trinajstić information content (AvgIpc) is 2.66. The topological polar surface area (TPSA) is 53.0 Å². The van der Waals surface area contributed by atoms with Gasteiger partial charge < -0.3 is 14.7 Å². The molecule has 29 heavy (non-hydrogen) atoms. The van der Waals surface area contributed by atoms with E-state index in [0.717, 1.165) is 49.8 Å². The minimum Gasteiger partial charge on any atom is -0.444 e. The summed E-state index contributed by atoms with van der Waals surface area (Å²) in [6, 6.07) is 8.40. The van der Waals surface area contributed by atoms with Crippen molar-refractivity contribution in [2.45, 2.75) is 70.0 Å². The molecule has 5 nitrogen and oxygen atoms in total. The highest BCUT2D eigenvalue weighted by Crippen LogP contribution is 2.40. The molecule has 2 aliphatic rings. The summed E-state index contributed by atoms with van der Waals surface area (Å²) in [6.07, 6.45) is 4.90. The number of hydrogen-bond acceptors (Lipinski definition) is 4. The number of amides is 1. The van der Waals surface area contributed by atoms with Crippen LogP contribution in [0.4, 0.5) is 4.79 Å². The van der Waals surface area contributed by atoms with Crippen molar-refractivity contribution in [1.82, 2.24) is 9.80 Å². The van der Waals surface area contributed by atoms with Gasteiger partial charge in [0.05, 0.1) is 5.60 Å². The summed E-state index contributed by atoms with van der Waals surface area (Å²) in [7, 11) is 0. The minimum absolute atomic E-state index is 0.0870. The van der Waals surface area contributed by atoms with E-state index >= 15 is 0 Å². The monoisotopic (exact) mass is 466 g/mol. The second-order valence-corrected chi connectivity index (χ2v) is 10.5. The smallest absolute Gasteiger partial charge is 0.410 e. The van der Waals surface area contributed by atoms with Gasteiger partial charge in [0.2, 0.25) is 0 Å². The van der Waals surface area contributed by atoms with Crippen molar-refractivity contribution in [2.24, 2.45) is 0 Å². The maximum atomic E-state index is 12.3. The van der Waals surface area contributed by atoms with E-state index in [1.807, 2.05) is 20.8 Å². The number of aliphatic hydroxyl groups is 1. The van der Waals surface area contributed by atoms with Crippen molar-refractivity contribution in [2.75, 3.05) is 32.7 Å². The van der Waals surface area contributed by atoms with Crippen molar-refractivity contribution in [3.63, 3.8) is 0 Å². The van der Waals surface area contributed by atoms with Crippen LogP contribution in [-0.2, 0) is 4.74 Å². The first-order valence-electron chi connectivity index (χ1n) is 10.8. The zero-order chi connectivity index (χ0) is 21.1. The van der Waals surface area contributed by atoms with Gasteiger partial charge in [0.25, 0.3) is 0 Å². The molecule has 0 radical (unpaired) electrons. The second kappa shape index (κ2) is 9.36. The lowest BCUT2D eigenvalue weighted by atomic mass is 9.72. The molecular weight excluding hydrogens is 432 g/mol. The average molecular weight is 467 g/mol. The Morgan fingerprint density at radius 1 is 1.10 bits per heavy atom. The number of piperazine rings is 1. The van der Waals surface area contributed by atoms with Gasteiger partial charge in [-0.1, -0.05) is 47.3 Å². The highest BCUT2D eigenvalue weighted by Gasteiger charge is 2.40. The molecule has 0 bridgehead atoms. The fourth-order valence-electron chi connectivity index (χ4n) is 4.49. The molecule has 0 aromatic heterocycles. The molecule has 162 valence electrons. The van der Waals surface area contributed by atoms with Crippen LogP contribution in [0.25, 0.3) is 0 Å². The summed E-state index contributed by atoms with van der Waals surface area (Å²) < 4.78 is 6.57. The molecule has 1 atom stereocenters. The molecule has 1 N–H and O–H groups in total. The summed E-state index contributed by atoms with van der Waals surface area (Å²) in [4.78, 5) is 16.5. The molecule has 3 rings (SSSR count). The molecule has 1 heterocycles. The molecule has 1 aromatic rings. The summed E-state index contributed by atoms with van der Waals surface area (Å²) in [5.41, 5.74) is 0.0895. The first kappa shape index (κ1) is 22.6. The van der Waals surface area contributed by atoms with Gasteiger partial charge in [-0.05, 0) is 51.3 Å². The largest absolute Gasteiger partial charge is 0.444 e. The molecule has 1 unspecified atom stereocenters. The van der Waals surface area contributed by atoms with Gasteiger partial charge in [0.1, 0.15) is 5.60 Å². The Hall–Kier alpha value is -1.11.